The second-order valence-corrected chi connectivity index (χ2v) is 7.57. The highest BCUT2D eigenvalue weighted by atomic mass is 32.1. The highest BCUT2D eigenvalue weighted by Gasteiger charge is 2.15. The Kier molecular flexibility index (Phi) is 6.08. The first-order valence-corrected chi connectivity index (χ1v) is 10.7. The third-order valence-corrected chi connectivity index (χ3v) is 5.65. The van der Waals surface area contributed by atoms with Gasteiger partial charge in [-0.3, -0.25) is 9.20 Å². The van der Waals surface area contributed by atoms with E-state index in [1.165, 1.54) is 11.3 Å². The molecule has 1 amide bonds. The minimum absolute atomic E-state index is 0.117. The zero-order chi connectivity index (χ0) is 21.8. The summed E-state index contributed by atoms with van der Waals surface area (Å²) in [6.07, 6.45) is 2.16. The molecule has 2 aromatic heterocycles. The number of ether oxygens (including phenoxy) is 3. The van der Waals surface area contributed by atoms with Crippen molar-refractivity contribution >= 4 is 27.9 Å². The highest BCUT2D eigenvalue weighted by molar-refractivity contribution is 7.15. The fourth-order valence-electron chi connectivity index (χ4n) is 3.30. The van der Waals surface area contributed by atoms with Crippen molar-refractivity contribution in [2.45, 2.75) is 13.3 Å². The lowest BCUT2D eigenvalue weighted by Gasteiger charge is -2.11. The summed E-state index contributed by atoms with van der Waals surface area (Å²) in [7, 11) is 3.21. The maximum absolute atomic E-state index is 12.7. The normalized spacial score (nSPS) is 10.8. The molecule has 1 N–H and O–H groups in total. The molecular formula is C23H23N3O4S. The van der Waals surface area contributed by atoms with E-state index < -0.39 is 0 Å². The number of hydrogen-bond acceptors (Lipinski definition) is 6. The van der Waals surface area contributed by atoms with E-state index >= 15 is 0 Å². The Morgan fingerprint density at radius 2 is 1.90 bits per heavy atom. The predicted molar refractivity (Wildman–Crippen MR) is 122 cm³/mol. The van der Waals surface area contributed by atoms with Gasteiger partial charge in [-0.05, 0) is 37.3 Å². The summed E-state index contributed by atoms with van der Waals surface area (Å²) in [5, 5.41) is 4.89. The first kappa shape index (κ1) is 20.7. The van der Waals surface area contributed by atoms with Crippen molar-refractivity contribution in [2.24, 2.45) is 0 Å². The van der Waals surface area contributed by atoms with Gasteiger partial charge in [0.05, 0.1) is 38.6 Å². The number of rotatable bonds is 8. The number of benzene rings is 2. The fourth-order valence-corrected chi connectivity index (χ4v) is 4.17. The second kappa shape index (κ2) is 9.09. The van der Waals surface area contributed by atoms with Gasteiger partial charge in [0.2, 0.25) is 5.91 Å². The van der Waals surface area contributed by atoms with Crippen LogP contribution in [0.25, 0.3) is 16.2 Å². The van der Waals surface area contributed by atoms with Crippen LogP contribution in [0.4, 0.5) is 5.69 Å². The number of fused-ring (bicyclic) bond motifs is 1. The van der Waals surface area contributed by atoms with Gasteiger partial charge in [0.25, 0.3) is 0 Å². The van der Waals surface area contributed by atoms with Crippen LogP contribution in [-0.2, 0) is 11.2 Å². The lowest BCUT2D eigenvalue weighted by molar-refractivity contribution is -0.115. The molecule has 0 aliphatic heterocycles. The van der Waals surface area contributed by atoms with Gasteiger partial charge in [-0.15, -0.1) is 11.3 Å². The number of methoxy groups -OCH3 is 2. The van der Waals surface area contributed by atoms with Gasteiger partial charge in [0, 0.05) is 22.8 Å². The summed E-state index contributed by atoms with van der Waals surface area (Å²) in [5.74, 6) is 1.85. The molecule has 4 aromatic rings. The number of thiazole rings is 1. The number of aromatic nitrogens is 2. The average Bonchev–Trinajstić information content (AvgIpc) is 3.37. The van der Waals surface area contributed by atoms with Crippen molar-refractivity contribution in [1.82, 2.24) is 9.38 Å². The van der Waals surface area contributed by atoms with Crippen molar-refractivity contribution < 1.29 is 19.0 Å². The van der Waals surface area contributed by atoms with E-state index in [4.69, 9.17) is 19.2 Å². The Hall–Kier alpha value is -3.52. The monoisotopic (exact) mass is 437 g/mol. The van der Waals surface area contributed by atoms with E-state index in [1.807, 2.05) is 65.4 Å². The largest absolute Gasteiger partial charge is 0.493 e. The minimum Gasteiger partial charge on any atom is -0.493 e. The number of para-hydroxylation sites is 2. The van der Waals surface area contributed by atoms with Gasteiger partial charge in [-0.25, -0.2) is 4.98 Å². The molecule has 4 rings (SSSR count). The van der Waals surface area contributed by atoms with E-state index in [2.05, 4.69) is 5.32 Å². The lowest BCUT2D eigenvalue weighted by atomic mass is 10.1. The third-order valence-electron chi connectivity index (χ3n) is 4.77. The third kappa shape index (κ3) is 4.34. The molecule has 160 valence electrons. The van der Waals surface area contributed by atoms with Crippen LogP contribution in [0.2, 0.25) is 0 Å². The van der Waals surface area contributed by atoms with Crippen LogP contribution in [0.1, 0.15) is 12.6 Å². The SMILES string of the molecule is CCOc1ccccc1NC(=O)Cc1csc2nc(-c3ccc(OC)c(OC)c3)cn12. The van der Waals surface area contributed by atoms with E-state index in [1.54, 1.807) is 14.2 Å². The van der Waals surface area contributed by atoms with E-state index in [9.17, 15) is 4.79 Å². The Morgan fingerprint density at radius 1 is 1.10 bits per heavy atom. The number of nitrogens with one attached hydrogen (secondary N) is 1. The maximum atomic E-state index is 12.7. The Bertz CT molecular complexity index is 1210. The Balaban J connectivity index is 1.55. The Labute approximate surface area is 184 Å². The maximum Gasteiger partial charge on any atom is 0.230 e. The smallest absolute Gasteiger partial charge is 0.230 e. The number of anilines is 1. The highest BCUT2D eigenvalue weighted by Crippen LogP contribution is 2.33. The molecule has 2 aromatic carbocycles. The van der Waals surface area contributed by atoms with Gasteiger partial charge in [-0.2, -0.15) is 0 Å². The predicted octanol–water partition coefficient (Wildman–Crippen LogP) is 4.66. The van der Waals surface area contributed by atoms with E-state index in [0.717, 1.165) is 21.9 Å². The van der Waals surface area contributed by atoms with Crippen LogP contribution < -0.4 is 19.5 Å². The van der Waals surface area contributed by atoms with Gasteiger partial charge < -0.3 is 19.5 Å². The van der Waals surface area contributed by atoms with Gasteiger partial charge in [0.15, 0.2) is 16.5 Å². The second-order valence-electron chi connectivity index (χ2n) is 6.73. The number of carbonyl (C=O) groups excluding carboxylic acids is 1. The van der Waals surface area contributed by atoms with Crippen molar-refractivity contribution in [3.8, 4) is 28.5 Å². The molecular weight excluding hydrogens is 414 g/mol. The van der Waals surface area contributed by atoms with Crippen molar-refractivity contribution in [2.75, 3.05) is 26.1 Å². The van der Waals surface area contributed by atoms with Gasteiger partial charge in [-0.1, -0.05) is 12.1 Å². The number of imidazole rings is 1. The van der Waals surface area contributed by atoms with Crippen LogP contribution in [0.15, 0.2) is 54.0 Å². The van der Waals surface area contributed by atoms with E-state index in [0.29, 0.717) is 29.5 Å². The van der Waals surface area contributed by atoms with Crippen LogP contribution in [0.3, 0.4) is 0 Å². The molecule has 0 fully saturated rings. The van der Waals surface area contributed by atoms with Crippen molar-refractivity contribution in [1.29, 1.82) is 0 Å². The molecule has 2 heterocycles. The first-order valence-electron chi connectivity index (χ1n) is 9.82. The molecule has 8 heteroatoms. The molecule has 0 unspecified atom stereocenters. The summed E-state index contributed by atoms with van der Waals surface area (Å²) >= 11 is 1.50. The summed E-state index contributed by atoms with van der Waals surface area (Å²) in [4.78, 5) is 18.2. The van der Waals surface area contributed by atoms with Crippen LogP contribution in [0, 0.1) is 0 Å². The lowest BCUT2D eigenvalue weighted by Crippen LogP contribution is -2.16. The van der Waals surface area contributed by atoms with Crippen LogP contribution in [-0.4, -0.2) is 36.1 Å². The van der Waals surface area contributed by atoms with E-state index in [-0.39, 0.29) is 12.3 Å². The van der Waals surface area contributed by atoms with Crippen molar-refractivity contribution in [3.05, 3.63) is 59.7 Å². The molecule has 0 radical (unpaired) electrons. The molecule has 0 aliphatic rings. The zero-order valence-corrected chi connectivity index (χ0v) is 18.4. The van der Waals surface area contributed by atoms with Gasteiger partial charge >= 0.3 is 0 Å². The Morgan fingerprint density at radius 3 is 2.68 bits per heavy atom. The topological polar surface area (TPSA) is 74.1 Å². The molecule has 0 aliphatic carbocycles. The molecule has 0 saturated carbocycles. The number of carbonyl (C=O) groups is 1. The number of nitrogens with zero attached hydrogens (tertiary/aromatic N) is 2. The zero-order valence-electron chi connectivity index (χ0n) is 17.5. The molecule has 7 nitrogen and oxygen atoms in total. The molecule has 0 bridgehead atoms. The molecule has 0 spiro atoms. The quantitative estimate of drug-likeness (QED) is 0.434. The molecule has 0 atom stereocenters. The fraction of sp³-hybridized carbons (Fsp3) is 0.217. The first-order chi connectivity index (χ1) is 15.1. The summed E-state index contributed by atoms with van der Waals surface area (Å²) in [5.41, 5.74) is 3.24. The summed E-state index contributed by atoms with van der Waals surface area (Å²) < 4.78 is 18.2. The van der Waals surface area contributed by atoms with Crippen LogP contribution in [0.5, 0.6) is 17.2 Å². The summed E-state index contributed by atoms with van der Waals surface area (Å²) in [6.45, 7) is 2.45. The molecule has 31 heavy (non-hydrogen) atoms. The minimum atomic E-state index is -0.117. The number of hydrogen-bond donors (Lipinski definition) is 1. The average molecular weight is 438 g/mol. The standard InChI is InChI=1S/C23H23N3O4S/c1-4-30-19-8-6-5-7-17(19)24-22(27)12-16-14-31-23-25-18(13-26(16)23)15-9-10-20(28-2)21(11-15)29-3/h5-11,13-14H,4,12H2,1-3H3,(H,24,27). The number of amides is 1. The van der Waals surface area contributed by atoms with Crippen molar-refractivity contribution in [3.63, 3.8) is 0 Å². The molecule has 0 saturated heterocycles. The van der Waals surface area contributed by atoms with Gasteiger partial charge in [0.1, 0.15) is 5.75 Å². The summed E-state index contributed by atoms with van der Waals surface area (Å²) in [6, 6.07) is 13.1. The van der Waals surface area contributed by atoms with Crippen LogP contribution >= 0.6 is 11.3 Å².